The number of carbonyl (C=O) groups excluding carboxylic acids is 1. The molecule has 0 aliphatic carbocycles. The molecule has 1 aromatic heterocycles. The van der Waals surface area contributed by atoms with Crippen LogP contribution in [0.2, 0.25) is 10.0 Å². The predicted octanol–water partition coefficient (Wildman–Crippen LogP) is 6.83. The first kappa shape index (κ1) is 21.0. The van der Waals surface area contributed by atoms with Crippen molar-refractivity contribution in [3.63, 3.8) is 0 Å². The van der Waals surface area contributed by atoms with Gasteiger partial charge in [0.25, 0.3) is 5.69 Å². The van der Waals surface area contributed by atoms with Crippen LogP contribution in [-0.2, 0) is 4.79 Å². The maximum atomic E-state index is 12.4. The van der Waals surface area contributed by atoms with E-state index in [0.29, 0.717) is 16.3 Å². The first-order chi connectivity index (χ1) is 14.9. The third-order valence-corrected chi connectivity index (χ3v) is 6.09. The molecule has 1 N–H and O–H groups in total. The van der Waals surface area contributed by atoms with E-state index in [0.717, 1.165) is 20.8 Å². The Morgan fingerprint density at radius 2 is 1.84 bits per heavy atom. The summed E-state index contributed by atoms with van der Waals surface area (Å²) in [4.78, 5) is 27.4. The highest BCUT2D eigenvalue weighted by Gasteiger charge is 2.12. The Hall–Kier alpha value is -3.26. The zero-order valence-electron chi connectivity index (χ0n) is 15.7. The minimum absolute atomic E-state index is 0.0324. The number of para-hydroxylation sites is 1. The molecule has 31 heavy (non-hydrogen) atoms. The number of rotatable bonds is 5. The Kier molecular flexibility index (Phi) is 5.99. The van der Waals surface area contributed by atoms with Gasteiger partial charge in [-0.3, -0.25) is 14.9 Å². The Labute approximate surface area is 190 Å². The maximum Gasteiger partial charge on any atom is 0.288 e. The summed E-state index contributed by atoms with van der Waals surface area (Å²) < 4.78 is 1.07. The van der Waals surface area contributed by atoms with Gasteiger partial charge in [0.05, 0.1) is 25.8 Å². The van der Waals surface area contributed by atoms with Gasteiger partial charge in [0.15, 0.2) is 0 Å². The van der Waals surface area contributed by atoms with Crippen LogP contribution in [0, 0.1) is 10.1 Å². The summed E-state index contributed by atoms with van der Waals surface area (Å²) in [5, 5.41) is 15.0. The van der Waals surface area contributed by atoms with Crippen molar-refractivity contribution in [1.29, 1.82) is 0 Å². The van der Waals surface area contributed by atoms with Crippen LogP contribution in [0.4, 0.5) is 11.4 Å². The molecule has 1 amide bonds. The third-order valence-electron chi connectivity index (χ3n) is 4.36. The monoisotopic (exact) mass is 469 g/mol. The van der Waals surface area contributed by atoms with E-state index >= 15 is 0 Å². The van der Waals surface area contributed by atoms with E-state index in [2.05, 4.69) is 10.3 Å². The minimum Gasteiger partial charge on any atom is -0.321 e. The van der Waals surface area contributed by atoms with Crippen molar-refractivity contribution in [1.82, 2.24) is 4.98 Å². The van der Waals surface area contributed by atoms with Gasteiger partial charge in [0.1, 0.15) is 10.0 Å². The highest BCUT2D eigenvalue weighted by Crippen LogP contribution is 2.34. The fourth-order valence-electron chi connectivity index (χ4n) is 2.87. The van der Waals surface area contributed by atoms with Crippen LogP contribution >= 0.6 is 34.5 Å². The Balaban J connectivity index is 1.54. The van der Waals surface area contributed by atoms with E-state index in [1.54, 1.807) is 29.5 Å². The highest BCUT2D eigenvalue weighted by molar-refractivity contribution is 7.21. The summed E-state index contributed by atoms with van der Waals surface area (Å²) in [6, 6.07) is 17.4. The number of nitro benzene ring substituents is 1. The Bertz CT molecular complexity index is 1320. The number of carbonyl (C=O) groups is 1. The summed E-state index contributed by atoms with van der Waals surface area (Å²) >= 11 is 13.6. The number of benzene rings is 3. The SMILES string of the molecule is O=C(/C=C/c1ccc(Cl)c([N+](=O)[O-])c1)Nc1cc(-c2nc3ccccc3s2)ccc1Cl. The molecule has 0 aliphatic heterocycles. The zero-order chi connectivity index (χ0) is 22.0. The topological polar surface area (TPSA) is 85.1 Å². The average Bonchev–Trinajstić information content (AvgIpc) is 3.19. The van der Waals surface area contributed by atoms with Crippen molar-refractivity contribution in [2.45, 2.75) is 0 Å². The van der Waals surface area contributed by atoms with E-state index in [9.17, 15) is 14.9 Å². The summed E-state index contributed by atoms with van der Waals surface area (Å²) in [7, 11) is 0. The van der Waals surface area contributed by atoms with Crippen molar-refractivity contribution in [3.05, 3.63) is 92.5 Å². The lowest BCUT2D eigenvalue weighted by Crippen LogP contribution is -2.08. The van der Waals surface area contributed by atoms with Crippen molar-refractivity contribution in [2.75, 3.05) is 5.32 Å². The summed E-state index contributed by atoms with van der Waals surface area (Å²) in [5.41, 5.74) is 2.42. The van der Waals surface area contributed by atoms with E-state index in [1.165, 1.54) is 24.3 Å². The predicted molar refractivity (Wildman–Crippen MR) is 126 cm³/mol. The second-order valence-electron chi connectivity index (χ2n) is 6.47. The summed E-state index contributed by atoms with van der Waals surface area (Å²) in [6.45, 7) is 0. The van der Waals surface area contributed by atoms with Crippen LogP contribution in [0.25, 0.3) is 26.9 Å². The molecule has 4 aromatic rings. The number of aromatic nitrogens is 1. The molecule has 0 fully saturated rings. The van der Waals surface area contributed by atoms with Crippen molar-refractivity contribution in [2.24, 2.45) is 0 Å². The van der Waals surface area contributed by atoms with Crippen LogP contribution < -0.4 is 5.32 Å². The minimum atomic E-state index is -0.576. The number of fused-ring (bicyclic) bond motifs is 1. The smallest absolute Gasteiger partial charge is 0.288 e. The van der Waals surface area contributed by atoms with E-state index in [4.69, 9.17) is 23.2 Å². The molecular weight excluding hydrogens is 457 g/mol. The van der Waals surface area contributed by atoms with Crippen LogP contribution in [-0.4, -0.2) is 15.8 Å². The average molecular weight is 470 g/mol. The number of thiazole rings is 1. The number of hydrogen-bond donors (Lipinski definition) is 1. The lowest BCUT2D eigenvalue weighted by atomic mass is 10.2. The second-order valence-corrected chi connectivity index (χ2v) is 8.32. The lowest BCUT2D eigenvalue weighted by Gasteiger charge is -2.07. The van der Waals surface area contributed by atoms with Crippen molar-refractivity contribution in [3.8, 4) is 10.6 Å². The first-order valence-corrected chi connectivity index (χ1v) is 10.6. The maximum absolute atomic E-state index is 12.4. The number of nitrogens with one attached hydrogen (secondary N) is 1. The molecule has 0 spiro atoms. The molecule has 0 aliphatic rings. The number of halogens is 2. The third kappa shape index (κ3) is 4.74. The molecule has 0 unspecified atom stereocenters. The van der Waals surface area contributed by atoms with Gasteiger partial charge in [-0.05, 0) is 42.0 Å². The summed E-state index contributed by atoms with van der Waals surface area (Å²) in [5.74, 6) is -0.430. The molecule has 0 atom stereocenters. The van der Waals surface area contributed by atoms with Crippen LogP contribution in [0.5, 0.6) is 0 Å². The molecule has 0 bridgehead atoms. The zero-order valence-corrected chi connectivity index (χ0v) is 18.0. The molecule has 0 saturated carbocycles. The van der Waals surface area contributed by atoms with Gasteiger partial charge in [0.2, 0.25) is 5.91 Å². The molecule has 0 radical (unpaired) electrons. The molecule has 6 nitrogen and oxygen atoms in total. The van der Waals surface area contributed by atoms with Gasteiger partial charge in [-0.2, -0.15) is 0 Å². The van der Waals surface area contributed by atoms with Gasteiger partial charge in [-0.25, -0.2) is 4.98 Å². The summed E-state index contributed by atoms with van der Waals surface area (Å²) in [6.07, 6.45) is 2.73. The van der Waals surface area contributed by atoms with Gasteiger partial charge >= 0.3 is 0 Å². The molecule has 3 aromatic carbocycles. The Morgan fingerprint density at radius 3 is 2.61 bits per heavy atom. The van der Waals surface area contributed by atoms with Crippen molar-refractivity contribution >= 4 is 68.1 Å². The number of hydrogen-bond acceptors (Lipinski definition) is 5. The van der Waals surface area contributed by atoms with Crippen molar-refractivity contribution < 1.29 is 9.72 Å². The van der Waals surface area contributed by atoms with E-state index < -0.39 is 10.8 Å². The number of nitrogens with zero attached hydrogens (tertiary/aromatic N) is 2. The lowest BCUT2D eigenvalue weighted by molar-refractivity contribution is -0.384. The molecule has 154 valence electrons. The van der Waals surface area contributed by atoms with Gasteiger partial charge in [-0.1, -0.05) is 47.5 Å². The quantitative estimate of drug-likeness (QED) is 0.197. The first-order valence-electron chi connectivity index (χ1n) is 8.99. The van der Waals surface area contributed by atoms with Gasteiger partial charge in [-0.15, -0.1) is 11.3 Å². The van der Waals surface area contributed by atoms with Crippen LogP contribution in [0.1, 0.15) is 5.56 Å². The largest absolute Gasteiger partial charge is 0.321 e. The van der Waals surface area contributed by atoms with E-state index in [1.807, 2.05) is 30.3 Å². The normalized spacial score (nSPS) is 11.2. The number of nitro groups is 1. The standard InChI is InChI=1S/C22H13Cl2N3O3S/c23-15-9-7-14(22-26-17-3-1-2-4-20(17)31-22)12-18(15)25-21(28)10-6-13-5-8-16(24)19(11-13)27(29)30/h1-12H,(H,25,28)/b10-6+. The Morgan fingerprint density at radius 1 is 1.06 bits per heavy atom. The van der Waals surface area contributed by atoms with Gasteiger partial charge < -0.3 is 5.32 Å². The fourth-order valence-corrected chi connectivity index (χ4v) is 4.18. The van der Waals surface area contributed by atoms with Gasteiger partial charge in [0, 0.05) is 17.7 Å². The molecule has 4 rings (SSSR count). The number of anilines is 1. The molecule has 1 heterocycles. The van der Waals surface area contributed by atoms with Crippen LogP contribution in [0.15, 0.2) is 66.7 Å². The highest BCUT2D eigenvalue weighted by atomic mass is 35.5. The molecule has 9 heteroatoms. The molecular formula is C22H13Cl2N3O3S. The molecule has 0 saturated heterocycles. The van der Waals surface area contributed by atoms with Crippen LogP contribution in [0.3, 0.4) is 0 Å². The number of amides is 1. The second kappa shape index (κ2) is 8.85. The van der Waals surface area contributed by atoms with E-state index in [-0.39, 0.29) is 10.7 Å². The fraction of sp³-hybridized carbons (Fsp3) is 0.